The molecule has 0 bridgehead atoms. The number of nitrogens with zero attached hydrogens (tertiary/aromatic N) is 1. The molecule has 1 heterocycles. The molecule has 1 amide bonds. The molecule has 0 saturated carbocycles. The fourth-order valence-electron chi connectivity index (χ4n) is 1.62. The third kappa shape index (κ3) is 4.60. The summed E-state index contributed by atoms with van der Waals surface area (Å²) >= 11 is 0. The van der Waals surface area contributed by atoms with Crippen LogP contribution >= 0.6 is 0 Å². The number of carbonyl (C=O) groups excluding carboxylic acids is 1. The highest BCUT2D eigenvalue weighted by atomic mass is 16.6. The van der Waals surface area contributed by atoms with E-state index < -0.39 is 11.7 Å². The zero-order valence-corrected chi connectivity index (χ0v) is 10.5. The van der Waals surface area contributed by atoms with Crippen LogP contribution in [0.15, 0.2) is 0 Å². The Labute approximate surface area is 101 Å². The van der Waals surface area contributed by atoms with Gasteiger partial charge in [0.05, 0.1) is 6.54 Å². The lowest BCUT2D eigenvalue weighted by Crippen LogP contribution is -2.55. The lowest BCUT2D eigenvalue weighted by molar-refractivity contribution is -0.153. The summed E-state index contributed by atoms with van der Waals surface area (Å²) < 4.78 is 5.11. The second-order valence-corrected chi connectivity index (χ2v) is 5.14. The normalized spacial score (nSPS) is 19.7. The molecule has 0 spiro atoms. The molecule has 2 N–H and O–H groups in total. The van der Waals surface area contributed by atoms with E-state index in [1.54, 1.807) is 0 Å². The first kappa shape index (κ1) is 13.8. The van der Waals surface area contributed by atoms with Crippen LogP contribution in [0.1, 0.15) is 27.2 Å². The fourth-order valence-corrected chi connectivity index (χ4v) is 1.62. The molecule has 0 aromatic heterocycles. The van der Waals surface area contributed by atoms with E-state index >= 15 is 0 Å². The maximum Gasteiger partial charge on any atom is 0.407 e. The number of carboxylic acid groups (broad SMARTS) is 1. The first-order valence-corrected chi connectivity index (χ1v) is 5.72. The number of amides is 1. The lowest BCUT2D eigenvalue weighted by atomic mass is 10.0. The van der Waals surface area contributed by atoms with Gasteiger partial charge < -0.3 is 20.1 Å². The largest absolute Gasteiger partial charge is 0.465 e. The monoisotopic (exact) mass is 244 g/mol. The van der Waals surface area contributed by atoms with Gasteiger partial charge in [-0.15, -0.1) is 0 Å². The average Bonchev–Trinajstić information content (AvgIpc) is 2.06. The van der Waals surface area contributed by atoms with Crippen LogP contribution < -0.4 is 5.32 Å². The zero-order valence-electron chi connectivity index (χ0n) is 10.5. The SMILES string of the molecule is CC(C)(C)OC(=O)CNCC1CCN1C(=O)O. The molecule has 1 aliphatic rings. The summed E-state index contributed by atoms with van der Waals surface area (Å²) in [6, 6.07) is -0.0186. The molecule has 0 aromatic rings. The van der Waals surface area contributed by atoms with Gasteiger partial charge in [-0.3, -0.25) is 4.79 Å². The van der Waals surface area contributed by atoms with Gasteiger partial charge in [0, 0.05) is 19.1 Å². The van der Waals surface area contributed by atoms with Gasteiger partial charge in [0.15, 0.2) is 0 Å². The molecule has 17 heavy (non-hydrogen) atoms. The van der Waals surface area contributed by atoms with Crippen LogP contribution in [0, 0.1) is 0 Å². The van der Waals surface area contributed by atoms with E-state index in [-0.39, 0.29) is 18.6 Å². The van der Waals surface area contributed by atoms with Gasteiger partial charge >= 0.3 is 12.1 Å². The minimum atomic E-state index is -0.902. The standard InChI is InChI=1S/C11H20N2O4/c1-11(2,3)17-9(14)7-12-6-8-4-5-13(8)10(15)16/h8,12H,4-7H2,1-3H3,(H,15,16). The number of ether oxygens (including phenoxy) is 1. The topological polar surface area (TPSA) is 78.9 Å². The van der Waals surface area contributed by atoms with Crippen molar-refractivity contribution < 1.29 is 19.4 Å². The smallest absolute Gasteiger partial charge is 0.407 e. The van der Waals surface area contributed by atoms with Crippen molar-refractivity contribution in [2.24, 2.45) is 0 Å². The van der Waals surface area contributed by atoms with Gasteiger partial charge in [-0.25, -0.2) is 4.79 Å². The van der Waals surface area contributed by atoms with E-state index in [0.717, 1.165) is 6.42 Å². The number of hydrogen-bond acceptors (Lipinski definition) is 4. The van der Waals surface area contributed by atoms with E-state index in [0.29, 0.717) is 13.1 Å². The second-order valence-electron chi connectivity index (χ2n) is 5.14. The van der Waals surface area contributed by atoms with Crippen LogP contribution in [0.4, 0.5) is 4.79 Å². The van der Waals surface area contributed by atoms with Crippen molar-refractivity contribution in [3.63, 3.8) is 0 Å². The quantitative estimate of drug-likeness (QED) is 0.711. The number of esters is 1. The highest BCUT2D eigenvalue weighted by Crippen LogP contribution is 2.16. The second kappa shape index (κ2) is 5.35. The Hall–Kier alpha value is -1.30. The molecule has 1 unspecified atom stereocenters. The van der Waals surface area contributed by atoms with Gasteiger partial charge in [-0.1, -0.05) is 0 Å². The maximum absolute atomic E-state index is 11.3. The number of carbonyl (C=O) groups is 2. The molecular weight excluding hydrogens is 224 g/mol. The highest BCUT2D eigenvalue weighted by Gasteiger charge is 2.31. The Morgan fingerprint density at radius 3 is 2.53 bits per heavy atom. The van der Waals surface area contributed by atoms with Gasteiger partial charge in [-0.2, -0.15) is 0 Å². The van der Waals surface area contributed by atoms with E-state index in [1.807, 2.05) is 20.8 Å². The molecular formula is C11H20N2O4. The van der Waals surface area contributed by atoms with E-state index in [2.05, 4.69) is 5.32 Å². The summed E-state index contributed by atoms with van der Waals surface area (Å²) in [4.78, 5) is 23.4. The summed E-state index contributed by atoms with van der Waals surface area (Å²) in [5, 5.41) is 11.7. The van der Waals surface area contributed by atoms with Crippen molar-refractivity contribution in [1.82, 2.24) is 10.2 Å². The molecule has 1 atom stereocenters. The van der Waals surface area contributed by atoms with Gasteiger partial charge in [0.25, 0.3) is 0 Å². The molecule has 98 valence electrons. The zero-order chi connectivity index (χ0) is 13.1. The molecule has 0 aliphatic carbocycles. The molecule has 0 aromatic carbocycles. The van der Waals surface area contributed by atoms with Crippen molar-refractivity contribution in [3.05, 3.63) is 0 Å². The predicted octanol–water partition coefficient (Wildman–Crippen LogP) is 0.670. The molecule has 6 heteroatoms. The van der Waals surface area contributed by atoms with E-state index in [1.165, 1.54) is 4.90 Å². The average molecular weight is 244 g/mol. The van der Waals surface area contributed by atoms with E-state index in [4.69, 9.17) is 9.84 Å². The minimum Gasteiger partial charge on any atom is -0.465 e. The first-order chi connectivity index (χ1) is 7.79. The van der Waals surface area contributed by atoms with Gasteiger partial charge in [0.1, 0.15) is 5.60 Å². The Bertz CT molecular complexity index is 298. The van der Waals surface area contributed by atoms with Crippen molar-refractivity contribution in [3.8, 4) is 0 Å². The maximum atomic E-state index is 11.3. The Morgan fingerprint density at radius 1 is 1.47 bits per heavy atom. The van der Waals surface area contributed by atoms with E-state index in [9.17, 15) is 9.59 Å². The minimum absolute atomic E-state index is 0.0186. The Balaban J connectivity index is 2.16. The Kier molecular flexibility index (Phi) is 4.34. The van der Waals surface area contributed by atoms with Crippen LogP contribution in [0.3, 0.4) is 0 Å². The number of hydrogen-bond donors (Lipinski definition) is 2. The number of nitrogens with one attached hydrogen (secondary N) is 1. The van der Waals surface area contributed by atoms with Crippen LogP contribution in [-0.4, -0.2) is 53.3 Å². The first-order valence-electron chi connectivity index (χ1n) is 5.72. The Morgan fingerprint density at radius 2 is 2.12 bits per heavy atom. The molecule has 1 fully saturated rings. The molecule has 1 aliphatic heterocycles. The van der Waals surface area contributed by atoms with Crippen molar-refractivity contribution in [1.29, 1.82) is 0 Å². The third-order valence-electron chi connectivity index (χ3n) is 2.46. The van der Waals surface area contributed by atoms with Crippen LogP contribution in [-0.2, 0) is 9.53 Å². The third-order valence-corrected chi connectivity index (χ3v) is 2.46. The summed E-state index contributed by atoms with van der Waals surface area (Å²) in [6.07, 6.45) is -0.0616. The predicted molar refractivity (Wildman–Crippen MR) is 61.9 cm³/mol. The highest BCUT2D eigenvalue weighted by molar-refractivity contribution is 5.72. The van der Waals surface area contributed by atoms with Crippen LogP contribution in [0.25, 0.3) is 0 Å². The number of likely N-dealkylation sites (tertiary alicyclic amines) is 1. The lowest BCUT2D eigenvalue weighted by Gasteiger charge is -2.38. The summed E-state index contributed by atoms with van der Waals surface area (Å²) in [5.74, 6) is -0.321. The van der Waals surface area contributed by atoms with Crippen LogP contribution in [0.5, 0.6) is 0 Å². The van der Waals surface area contributed by atoms with Crippen LogP contribution in [0.2, 0.25) is 0 Å². The number of rotatable bonds is 4. The van der Waals surface area contributed by atoms with Crippen molar-refractivity contribution in [2.75, 3.05) is 19.6 Å². The van der Waals surface area contributed by atoms with Gasteiger partial charge in [0.2, 0.25) is 0 Å². The molecule has 6 nitrogen and oxygen atoms in total. The molecule has 0 radical (unpaired) electrons. The molecule has 1 saturated heterocycles. The van der Waals surface area contributed by atoms with Gasteiger partial charge in [-0.05, 0) is 27.2 Å². The summed E-state index contributed by atoms with van der Waals surface area (Å²) in [5.41, 5.74) is -0.484. The van der Waals surface area contributed by atoms with Crippen molar-refractivity contribution >= 4 is 12.1 Å². The summed E-state index contributed by atoms with van der Waals surface area (Å²) in [6.45, 7) is 6.61. The fraction of sp³-hybridized carbons (Fsp3) is 0.818. The summed E-state index contributed by atoms with van der Waals surface area (Å²) in [7, 11) is 0. The van der Waals surface area contributed by atoms with Crippen molar-refractivity contribution in [2.45, 2.75) is 38.8 Å². The molecule has 1 rings (SSSR count).